The summed E-state index contributed by atoms with van der Waals surface area (Å²) in [6.07, 6.45) is 2.40. The van der Waals surface area contributed by atoms with Crippen molar-refractivity contribution in [1.29, 1.82) is 0 Å². The normalized spacial score (nSPS) is 10.5. The first-order valence-electron chi connectivity index (χ1n) is 9.64. The fourth-order valence-electron chi connectivity index (χ4n) is 2.86. The summed E-state index contributed by atoms with van der Waals surface area (Å²) >= 11 is 1.55. The van der Waals surface area contributed by atoms with Crippen molar-refractivity contribution in [2.45, 2.75) is 17.7 Å². The zero-order valence-electron chi connectivity index (χ0n) is 17.6. The van der Waals surface area contributed by atoms with E-state index in [1.807, 2.05) is 54.8 Å². The Balaban J connectivity index is 1.50. The second-order valence-electron chi connectivity index (χ2n) is 6.74. The number of rotatable bonds is 9. The lowest BCUT2D eigenvalue weighted by molar-refractivity contribution is -0.133. The molecule has 0 spiro atoms. The van der Waals surface area contributed by atoms with Crippen molar-refractivity contribution < 1.29 is 18.8 Å². The molecule has 0 radical (unpaired) electrons. The summed E-state index contributed by atoms with van der Waals surface area (Å²) in [6.45, 7) is -0.0392. The number of amides is 2. The number of aromatic nitrogens is 2. The van der Waals surface area contributed by atoms with Gasteiger partial charge in [-0.2, -0.15) is 4.98 Å². The van der Waals surface area contributed by atoms with Gasteiger partial charge in [0.15, 0.2) is 0 Å². The molecule has 0 atom stereocenters. The van der Waals surface area contributed by atoms with Crippen molar-refractivity contribution in [3.63, 3.8) is 0 Å². The highest BCUT2D eigenvalue weighted by Crippen LogP contribution is 2.24. The molecule has 3 aromatic rings. The molecule has 0 unspecified atom stereocenters. The maximum absolute atomic E-state index is 12.4. The van der Waals surface area contributed by atoms with Gasteiger partial charge < -0.3 is 19.5 Å². The molecule has 0 saturated heterocycles. The molecular weight excluding hydrogens is 416 g/mol. The Morgan fingerprint density at radius 1 is 1.16 bits per heavy atom. The summed E-state index contributed by atoms with van der Waals surface area (Å²) in [5.41, 5.74) is 1.53. The minimum Gasteiger partial charge on any atom is -0.497 e. The van der Waals surface area contributed by atoms with Crippen LogP contribution < -0.4 is 10.1 Å². The van der Waals surface area contributed by atoms with Crippen LogP contribution in [-0.2, 0) is 16.0 Å². The average Bonchev–Trinajstić information content (AvgIpc) is 3.26. The Kier molecular flexibility index (Phi) is 7.66. The standard InChI is InChI=1S/C22H24N4O4S/c1-26(14-19(27)23-17-6-4-5-7-18(17)31-3)21(28)13-12-20-24-22(25-30-20)15-8-10-16(29-2)11-9-15/h4-11H,12-14H2,1-3H3,(H,23,27). The Morgan fingerprint density at radius 3 is 2.61 bits per heavy atom. The third kappa shape index (κ3) is 6.08. The van der Waals surface area contributed by atoms with E-state index in [4.69, 9.17) is 9.26 Å². The van der Waals surface area contributed by atoms with Gasteiger partial charge in [-0.1, -0.05) is 17.3 Å². The third-order valence-electron chi connectivity index (χ3n) is 4.56. The average molecular weight is 441 g/mol. The Morgan fingerprint density at radius 2 is 1.90 bits per heavy atom. The first-order valence-corrected chi connectivity index (χ1v) is 10.9. The molecule has 31 heavy (non-hydrogen) atoms. The molecule has 1 heterocycles. The first-order chi connectivity index (χ1) is 15.0. The van der Waals surface area contributed by atoms with Crippen molar-refractivity contribution in [2.24, 2.45) is 0 Å². The monoisotopic (exact) mass is 440 g/mol. The number of thioether (sulfide) groups is 1. The number of hydrogen-bond acceptors (Lipinski definition) is 7. The van der Waals surface area contributed by atoms with Crippen molar-refractivity contribution >= 4 is 29.3 Å². The lowest BCUT2D eigenvalue weighted by Crippen LogP contribution is -2.35. The van der Waals surface area contributed by atoms with Crippen LogP contribution in [-0.4, -0.2) is 53.8 Å². The molecule has 8 nitrogen and oxygen atoms in total. The third-order valence-corrected chi connectivity index (χ3v) is 5.35. The molecule has 0 fully saturated rings. The highest BCUT2D eigenvalue weighted by Gasteiger charge is 2.16. The van der Waals surface area contributed by atoms with Crippen LogP contribution in [0.2, 0.25) is 0 Å². The molecule has 0 aliphatic carbocycles. The number of nitrogens with zero attached hydrogens (tertiary/aromatic N) is 3. The van der Waals surface area contributed by atoms with Gasteiger partial charge in [-0.05, 0) is 42.7 Å². The molecule has 0 aliphatic rings. The van der Waals surface area contributed by atoms with E-state index < -0.39 is 0 Å². The van der Waals surface area contributed by atoms with Gasteiger partial charge in [0.1, 0.15) is 5.75 Å². The number of benzene rings is 2. The van der Waals surface area contributed by atoms with Crippen LogP contribution in [0.4, 0.5) is 5.69 Å². The molecular formula is C22H24N4O4S. The summed E-state index contributed by atoms with van der Waals surface area (Å²) in [7, 11) is 3.20. The smallest absolute Gasteiger partial charge is 0.244 e. The molecule has 0 saturated carbocycles. The van der Waals surface area contributed by atoms with E-state index >= 15 is 0 Å². The number of aryl methyl sites for hydroxylation is 1. The van der Waals surface area contributed by atoms with Gasteiger partial charge in [0.2, 0.25) is 23.5 Å². The minimum absolute atomic E-state index is 0.0392. The summed E-state index contributed by atoms with van der Waals surface area (Å²) in [5.74, 6) is 1.12. The number of hydrogen-bond donors (Lipinski definition) is 1. The van der Waals surface area contributed by atoms with Crippen LogP contribution in [0.1, 0.15) is 12.3 Å². The number of carbonyl (C=O) groups is 2. The number of methoxy groups -OCH3 is 1. The number of ether oxygens (including phenoxy) is 1. The summed E-state index contributed by atoms with van der Waals surface area (Å²) in [6, 6.07) is 14.8. The molecule has 0 aliphatic heterocycles. The Bertz CT molecular complexity index is 1040. The van der Waals surface area contributed by atoms with E-state index in [1.54, 1.807) is 25.9 Å². The second-order valence-corrected chi connectivity index (χ2v) is 7.59. The minimum atomic E-state index is -0.253. The predicted molar refractivity (Wildman–Crippen MR) is 119 cm³/mol. The van der Waals surface area contributed by atoms with E-state index in [-0.39, 0.29) is 24.8 Å². The van der Waals surface area contributed by atoms with Crippen LogP contribution in [0.5, 0.6) is 5.75 Å². The zero-order valence-corrected chi connectivity index (χ0v) is 18.4. The summed E-state index contributed by atoms with van der Waals surface area (Å²) < 4.78 is 10.4. The van der Waals surface area contributed by atoms with Gasteiger partial charge in [0.25, 0.3) is 0 Å². The van der Waals surface area contributed by atoms with Crippen molar-refractivity contribution in [1.82, 2.24) is 15.0 Å². The van der Waals surface area contributed by atoms with E-state index in [9.17, 15) is 9.59 Å². The molecule has 3 rings (SSSR count). The quantitative estimate of drug-likeness (QED) is 0.509. The zero-order chi connectivity index (χ0) is 22.2. The maximum atomic E-state index is 12.4. The van der Waals surface area contributed by atoms with Crippen LogP contribution in [0.25, 0.3) is 11.4 Å². The lowest BCUT2D eigenvalue weighted by Gasteiger charge is -2.17. The van der Waals surface area contributed by atoms with Crippen LogP contribution in [0.3, 0.4) is 0 Å². The number of carbonyl (C=O) groups excluding carboxylic acids is 2. The van der Waals surface area contributed by atoms with Crippen LogP contribution in [0, 0.1) is 0 Å². The number of nitrogens with one attached hydrogen (secondary N) is 1. The van der Waals surface area contributed by atoms with E-state index in [0.717, 1.165) is 21.9 Å². The second kappa shape index (κ2) is 10.6. The van der Waals surface area contributed by atoms with E-state index in [2.05, 4.69) is 15.5 Å². The van der Waals surface area contributed by atoms with Crippen LogP contribution >= 0.6 is 11.8 Å². The fraction of sp³-hybridized carbons (Fsp3) is 0.273. The van der Waals surface area contributed by atoms with Crippen molar-refractivity contribution in [2.75, 3.05) is 32.3 Å². The lowest BCUT2D eigenvalue weighted by atomic mass is 10.2. The van der Waals surface area contributed by atoms with Gasteiger partial charge in [0.05, 0.1) is 19.3 Å². The molecule has 2 aromatic carbocycles. The number of para-hydroxylation sites is 1. The Labute approximate surface area is 185 Å². The van der Waals surface area contributed by atoms with Crippen molar-refractivity contribution in [3.8, 4) is 17.1 Å². The van der Waals surface area contributed by atoms with Gasteiger partial charge in [0, 0.05) is 30.3 Å². The summed E-state index contributed by atoms with van der Waals surface area (Å²) in [5, 5.41) is 6.81. The van der Waals surface area contributed by atoms with Gasteiger partial charge in [-0.3, -0.25) is 9.59 Å². The fourth-order valence-corrected chi connectivity index (χ4v) is 3.41. The summed E-state index contributed by atoms with van der Waals surface area (Å²) in [4.78, 5) is 31.4. The van der Waals surface area contributed by atoms with E-state index in [1.165, 1.54) is 4.90 Å². The van der Waals surface area contributed by atoms with Crippen LogP contribution in [0.15, 0.2) is 57.9 Å². The molecule has 1 aromatic heterocycles. The van der Waals surface area contributed by atoms with Crippen molar-refractivity contribution in [3.05, 3.63) is 54.4 Å². The molecule has 9 heteroatoms. The number of likely N-dealkylation sites (N-methyl/N-ethyl adjacent to an activating group) is 1. The molecule has 0 bridgehead atoms. The predicted octanol–water partition coefficient (Wildman–Crippen LogP) is 3.50. The topological polar surface area (TPSA) is 97.6 Å². The van der Waals surface area contributed by atoms with Gasteiger partial charge >= 0.3 is 0 Å². The van der Waals surface area contributed by atoms with Gasteiger partial charge in [-0.15, -0.1) is 11.8 Å². The molecule has 1 N–H and O–H groups in total. The Hall–Kier alpha value is -3.33. The highest BCUT2D eigenvalue weighted by atomic mass is 32.2. The SMILES string of the molecule is COc1ccc(-c2noc(CCC(=O)N(C)CC(=O)Nc3ccccc3SC)n2)cc1. The maximum Gasteiger partial charge on any atom is 0.244 e. The largest absolute Gasteiger partial charge is 0.497 e. The van der Waals surface area contributed by atoms with E-state index in [0.29, 0.717) is 18.1 Å². The first kappa shape index (κ1) is 22.4. The van der Waals surface area contributed by atoms with Gasteiger partial charge in [-0.25, -0.2) is 0 Å². The molecule has 2 amide bonds. The number of anilines is 1. The molecule has 162 valence electrons. The highest BCUT2D eigenvalue weighted by molar-refractivity contribution is 7.98.